The van der Waals surface area contributed by atoms with E-state index in [1.54, 1.807) is 0 Å². The fourth-order valence-corrected chi connectivity index (χ4v) is 4.91. The van der Waals surface area contributed by atoms with Gasteiger partial charge < -0.3 is 37.2 Å². The Morgan fingerprint density at radius 3 is 1.15 bits per heavy atom. The fourth-order valence-electron chi connectivity index (χ4n) is 4.91. The van der Waals surface area contributed by atoms with Crippen LogP contribution in [0, 0.1) is 54.7 Å². The first kappa shape index (κ1) is 41.3. The van der Waals surface area contributed by atoms with Crippen LogP contribution in [0.2, 0.25) is 0 Å². The zero-order valence-electron chi connectivity index (χ0n) is 24.8. The van der Waals surface area contributed by atoms with Gasteiger partial charge in [0.25, 0.3) is 0 Å². The zero-order valence-corrected chi connectivity index (χ0v) is 30.3. The Morgan fingerprint density at radius 2 is 0.875 bits per heavy atom. The van der Waals surface area contributed by atoms with Crippen LogP contribution in [0.15, 0.2) is 52.4 Å². The molecular weight excluding hydrogens is 689 g/mol. The Bertz CT molecular complexity index is 1080. The van der Waals surface area contributed by atoms with E-state index in [0.29, 0.717) is 0 Å². The Kier molecular flexibility index (Phi) is 22.5. The molecular formula is C33H43Cl3N3Nd. The van der Waals surface area contributed by atoms with Gasteiger partial charge in [-0.1, -0.05) is 94.8 Å². The summed E-state index contributed by atoms with van der Waals surface area (Å²) in [5, 5.41) is 0. The Morgan fingerprint density at radius 1 is 0.575 bits per heavy atom. The van der Waals surface area contributed by atoms with Crippen LogP contribution in [-0.4, -0.2) is 17.4 Å². The van der Waals surface area contributed by atoms with Crippen LogP contribution in [0.4, 0.5) is 11.4 Å². The Balaban J connectivity index is 0. The average molecular weight is 732 g/mol. The van der Waals surface area contributed by atoms with Gasteiger partial charge in [0, 0.05) is 0 Å². The molecule has 40 heavy (non-hydrogen) atoms. The van der Waals surface area contributed by atoms with Gasteiger partial charge in [0.2, 0.25) is 0 Å². The summed E-state index contributed by atoms with van der Waals surface area (Å²) in [6, 6.07) is 15.2. The number of aryl methyl sites for hydroxylation is 6. The fraction of sp³-hybridized carbons (Fsp3) is 0.424. The molecule has 0 aliphatic heterocycles. The summed E-state index contributed by atoms with van der Waals surface area (Å²) >= 11 is 0. The van der Waals surface area contributed by atoms with Crippen molar-refractivity contribution in [1.29, 1.82) is 0 Å². The minimum Gasteiger partial charge on any atom is -1.00 e. The van der Waals surface area contributed by atoms with Crippen LogP contribution in [0.25, 0.3) is 0 Å². The second-order valence-electron chi connectivity index (χ2n) is 9.87. The van der Waals surface area contributed by atoms with Gasteiger partial charge in [-0.05, 0) is 73.9 Å². The van der Waals surface area contributed by atoms with Gasteiger partial charge in [-0.3, -0.25) is 9.98 Å². The zero-order chi connectivity index (χ0) is 25.9. The molecule has 7 heteroatoms. The van der Waals surface area contributed by atoms with E-state index >= 15 is 0 Å². The molecule has 3 rings (SSSR count). The average Bonchev–Trinajstić information content (AvgIpc) is 2.84. The van der Waals surface area contributed by atoms with E-state index in [4.69, 9.17) is 15.0 Å². The maximum atomic E-state index is 4.97. The molecule has 3 aromatic rings. The molecule has 0 fully saturated rings. The van der Waals surface area contributed by atoms with Crippen LogP contribution in [0.5, 0.6) is 0 Å². The number of benzene rings is 2. The third-order valence-electron chi connectivity index (χ3n) is 6.35. The van der Waals surface area contributed by atoms with E-state index in [0.717, 1.165) is 74.1 Å². The molecule has 0 N–H and O–H groups in total. The normalized spacial score (nSPS) is 10.6. The molecule has 1 heterocycles. The van der Waals surface area contributed by atoms with Crippen LogP contribution >= 0.6 is 0 Å². The molecule has 215 valence electrons. The molecule has 2 aromatic carbocycles. The monoisotopic (exact) mass is 728 g/mol. The minimum absolute atomic E-state index is 0. The van der Waals surface area contributed by atoms with Crippen molar-refractivity contribution in [1.82, 2.24) is 4.98 Å². The summed E-state index contributed by atoms with van der Waals surface area (Å²) in [4.78, 5) is 14.8. The van der Waals surface area contributed by atoms with Crippen LogP contribution in [-0.2, 0) is 25.7 Å². The van der Waals surface area contributed by atoms with Gasteiger partial charge in [0.15, 0.2) is 0 Å². The molecule has 3 nitrogen and oxygen atoms in total. The Hall–Kier alpha value is -0.849. The molecule has 0 unspecified atom stereocenters. The predicted molar refractivity (Wildman–Crippen MR) is 157 cm³/mol. The first-order valence-electron chi connectivity index (χ1n) is 13.8. The molecule has 0 atom stereocenters. The minimum atomic E-state index is 0. The van der Waals surface area contributed by atoms with Crippen LogP contribution < -0.4 is 37.2 Å². The van der Waals surface area contributed by atoms with E-state index in [1.807, 2.05) is 30.6 Å². The molecule has 0 aliphatic carbocycles. The number of nitrogens with zero attached hydrogens (tertiary/aromatic N) is 3. The quantitative estimate of drug-likeness (QED) is 0.243. The van der Waals surface area contributed by atoms with Crippen molar-refractivity contribution in [2.24, 2.45) is 9.98 Å². The van der Waals surface area contributed by atoms with Crippen molar-refractivity contribution < 1.29 is 78.1 Å². The number of rotatable bonds is 12. The van der Waals surface area contributed by atoms with E-state index in [9.17, 15) is 0 Å². The molecule has 0 amide bonds. The first-order chi connectivity index (χ1) is 17.5. The van der Waals surface area contributed by atoms with Crippen molar-refractivity contribution in [2.45, 2.75) is 92.9 Å². The van der Waals surface area contributed by atoms with Crippen molar-refractivity contribution in [2.75, 3.05) is 0 Å². The number of halogens is 3. The van der Waals surface area contributed by atoms with E-state index < -0.39 is 0 Å². The topological polar surface area (TPSA) is 37.6 Å². The van der Waals surface area contributed by atoms with Crippen molar-refractivity contribution in [3.63, 3.8) is 0 Å². The molecule has 0 saturated heterocycles. The summed E-state index contributed by atoms with van der Waals surface area (Å²) in [6.07, 6.45) is 12.4. The molecule has 0 spiro atoms. The summed E-state index contributed by atoms with van der Waals surface area (Å²) in [7, 11) is 0. The van der Waals surface area contributed by atoms with Gasteiger partial charge >= 0.3 is 40.8 Å². The number of hydrogen-bond acceptors (Lipinski definition) is 3. The van der Waals surface area contributed by atoms with E-state index in [2.05, 4.69) is 65.8 Å². The molecule has 0 bridgehead atoms. The second kappa shape index (κ2) is 21.8. The largest absolute Gasteiger partial charge is 3.00 e. The number of pyridine rings is 1. The second-order valence-corrected chi connectivity index (χ2v) is 9.87. The van der Waals surface area contributed by atoms with Gasteiger partial charge in [0.05, 0.1) is 35.2 Å². The molecule has 0 saturated carbocycles. The number of hydrogen-bond donors (Lipinski definition) is 0. The molecule has 1 radical (unpaired) electrons. The van der Waals surface area contributed by atoms with E-state index in [1.165, 1.54) is 33.4 Å². The molecule has 0 aliphatic rings. The summed E-state index contributed by atoms with van der Waals surface area (Å²) < 4.78 is 0. The van der Waals surface area contributed by atoms with Gasteiger partial charge in [-0.25, -0.2) is 4.98 Å². The molecule has 1 aromatic heterocycles. The third kappa shape index (κ3) is 12.2. The Labute approximate surface area is 294 Å². The van der Waals surface area contributed by atoms with Crippen molar-refractivity contribution >= 4 is 23.8 Å². The summed E-state index contributed by atoms with van der Waals surface area (Å²) in [5.74, 6) is 0. The third-order valence-corrected chi connectivity index (χ3v) is 6.35. The first-order valence-corrected chi connectivity index (χ1v) is 13.8. The van der Waals surface area contributed by atoms with Crippen molar-refractivity contribution in [3.8, 4) is 0 Å². The number of aromatic nitrogens is 1. The summed E-state index contributed by atoms with van der Waals surface area (Å²) in [6.45, 7) is 13.3. The van der Waals surface area contributed by atoms with Gasteiger partial charge in [-0.15, -0.1) is 0 Å². The van der Waals surface area contributed by atoms with Crippen LogP contribution in [0.1, 0.15) is 98.1 Å². The SMILES string of the molecule is CCCc1cc(C)cc(CCC)c1N=Cc1cccc(C=Nc2c(CCC)cc(C)cc2CCC)n1.[Cl-].[Cl-].[Cl-].[Nd+3]. The van der Waals surface area contributed by atoms with Crippen LogP contribution in [0.3, 0.4) is 0 Å². The predicted octanol–water partition coefficient (Wildman–Crippen LogP) is 0.0216. The number of aliphatic imine (C=N–C) groups is 2. The van der Waals surface area contributed by atoms with Gasteiger partial charge in [0.1, 0.15) is 0 Å². The maximum Gasteiger partial charge on any atom is 3.00 e. The maximum absolute atomic E-state index is 4.97. The summed E-state index contributed by atoms with van der Waals surface area (Å²) in [5.41, 5.74) is 11.9. The van der Waals surface area contributed by atoms with Crippen molar-refractivity contribution in [3.05, 3.63) is 87.2 Å². The van der Waals surface area contributed by atoms with Gasteiger partial charge in [-0.2, -0.15) is 0 Å². The van der Waals surface area contributed by atoms with E-state index in [-0.39, 0.29) is 78.1 Å². The standard InChI is InChI=1S/C33H43N3.3ClH.Nd/c1-7-12-26-18-24(5)19-27(13-8-2)32(26)34-22-30-16-11-17-31(36-30)23-35-33-28(14-9-3)20-25(6)21-29(33)15-10-4;;;;/h11,16-23H,7-10,12-15H2,1-6H3;3*1H;/q;;;;+3/p-3. The smallest absolute Gasteiger partial charge is 1.00 e.